The number of halogens is 1. The summed E-state index contributed by atoms with van der Waals surface area (Å²) in [5.74, 6) is 1.88. The number of ether oxygens (including phenoxy) is 1. The lowest BCUT2D eigenvalue weighted by Gasteiger charge is -2.40. The third-order valence-corrected chi connectivity index (χ3v) is 4.42. The van der Waals surface area contributed by atoms with Gasteiger partial charge in [0, 0.05) is 33.4 Å². The number of guanidine groups is 1. The first-order valence-corrected chi connectivity index (χ1v) is 7.79. The molecular weight excluding hydrogens is 365 g/mol. The van der Waals surface area contributed by atoms with Gasteiger partial charge in [0.05, 0.1) is 0 Å². The first-order chi connectivity index (χ1) is 9.28. The van der Waals surface area contributed by atoms with Gasteiger partial charge in [0.2, 0.25) is 0 Å². The van der Waals surface area contributed by atoms with Crippen LogP contribution in [0, 0.1) is 11.3 Å². The van der Waals surface area contributed by atoms with E-state index in [1.807, 2.05) is 0 Å². The van der Waals surface area contributed by atoms with Crippen LogP contribution in [0.2, 0.25) is 0 Å². The quantitative estimate of drug-likeness (QED) is 0.378. The largest absolute Gasteiger partial charge is 0.385 e. The highest BCUT2D eigenvalue weighted by atomic mass is 127. The molecule has 0 aliphatic heterocycles. The minimum absolute atomic E-state index is 0. The van der Waals surface area contributed by atoms with Gasteiger partial charge in [-0.3, -0.25) is 4.99 Å². The van der Waals surface area contributed by atoms with Crippen molar-refractivity contribution in [1.82, 2.24) is 10.6 Å². The van der Waals surface area contributed by atoms with Crippen molar-refractivity contribution in [3.05, 3.63) is 0 Å². The normalized spacial score (nSPS) is 20.8. The fraction of sp³-hybridized carbons (Fsp3) is 0.933. The second-order valence-electron chi connectivity index (χ2n) is 6.12. The van der Waals surface area contributed by atoms with E-state index in [0.29, 0.717) is 5.41 Å². The van der Waals surface area contributed by atoms with E-state index in [0.717, 1.165) is 44.5 Å². The van der Waals surface area contributed by atoms with Crippen molar-refractivity contribution in [2.45, 2.75) is 45.4 Å². The molecule has 0 aromatic carbocycles. The van der Waals surface area contributed by atoms with E-state index in [2.05, 4.69) is 17.6 Å². The third-order valence-electron chi connectivity index (χ3n) is 4.42. The topological polar surface area (TPSA) is 45.7 Å². The van der Waals surface area contributed by atoms with Crippen LogP contribution in [-0.4, -0.2) is 39.3 Å². The molecule has 2 rings (SSSR count). The van der Waals surface area contributed by atoms with Crippen LogP contribution in [0.15, 0.2) is 4.99 Å². The van der Waals surface area contributed by atoms with Gasteiger partial charge in [0.1, 0.15) is 0 Å². The number of hydrogen-bond donors (Lipinski definition) is 2. The van der Waals surface area contributed by atoms with Gasteiger partial charge >= 0.3 is 0 Å². The van der Waals surface area contributed by atoms with Crippen LogP contribution in [0.1, 0.15) is 45.4 Å². The second-order valence-corrected chi connectivity index (χ2v) is 6.12. The fourth-order valence-corrected chi connectivity index (χ4v) is 2.63. The van der Waals surface area contributed by atoms with Crippen LogP contribution in [0.4, 0.5) is 0 Å². The maximum atomic E-state index is 5.24. The third kappa shape index (κ3) is 5.76. The molecule has 20 heavy (non-hydrogen) atoms. The predicted molar refractivity (Wildman–Crippen MR) is 94.9 cm³/mol. The Morgan fingerprint density at radius 2 is 2.05 bits per heavy atom. The Labute approximate surface area is 140 Å². The molecule has 2 saturated carbocycles. The highest BCUT2D eigenvalue weighted by molar-refractivity contribution is 14.0. The van der Waals surface area contributed by atoms with Gasteiger partial charge in [-0.2, -0.15) is 0 Å². The van der Waals surface area contributed by atoms with Crippen molar-refractivity contribution >= 4 is 29.9 Å². The van der Waals surface area contributed by atoms with Crippen molar-refractivity contribution in [2.75, 3.05) is 33.4 Å². The van der Waals surface area contributed by atoms with Crippen molar-refractivity contribution in [3.8, 4) is 0 Å². The summed E-state index contributed by atoms with van der Waals surface area (Å²) < 4.78 is 5.24. The van der Waals surface area contributed by atoms with E-state index < -0.39 is 0 Å². The lowest BCUT2D eigenvalue weighted by Crippen LogP contribution is -2.41. The van der Waals surface area contributed by atoms with Crippen LogP contribution in [0.3, 0.4) is 0 Å². The average molecular weight is 395 g/mol. The van der Waals surface area contributed by atoms with Crippen molar-refractivity contribution in [3.63, 3.8) is 0 Å². The van der Waals surface area contributed by atoms with Gasteiger partial charge in [-0.05, 0) is 50.4 Å². The maximum absolute atomic E-state index is 5.24. The van der Waals surface area contributed by atoms with Gasteiger partial charge < -0.3 is 15.4 Å². The maximum Gasteiger partial charge on any atom is 0.191 e. The first-order valence-electron chi connectivity index (χ1n) is 7.79. The summed E-state index contributed by atoms with van der Waals surface area (Å²) in [5.41, 5.74) is 0.415. The number of nitrogens with one attached hydrogen (secondary N) is 2. The molecule has 2 fully saturated rings. The number of hydrogen-bond acceptors (Lipinski definition) is 2. The van der Waals surface area contributed by atoms with E-state index in [1.165, 1.54) is 32.1 Å². The molecular formula is C15H30IN3O. The molecule has 0 spiro atoms. The summed E-state index contributed by atoms with van der Waals surface area (Å²) in [7, 11) is 1.79. The molecule has 2 N–H and O–H groups in total. The van der Waals surface area contributed by atoms with E-state index in [-0.39, 0.29) is 24.0 Å². The smallest absolute Gasteiger partial charge is 0.191 e. The molecule has 0 aromatic rings. The molecule has 0 heterocycles. The van der Waals surface area contributed by atoms with E-state index in [9.17, 15) is 0 Å². The zero-order valence-corrected chi connectivity index (χ0v) is 15.2. The standard InChI is InChI=1S/C15H29N3O.HI/c1-3-16-14(17-11-13-5-6-13)18-12-15(7-4-8-15)9-10-19-2;/h13H,3-12H2,1-2H3,(H2,16,17,18);1H. The second kappa shape index (κ2) is 9.07. The fourth-order valence-electron chi connectivity index (χ4n) is 2.63. The van der Waals surface area contributed by atoms with Crippen molar-refractivity contribution in [1.29, 1.82) is 0 Å². The summed E-state index contributed by atoms with van der Waals surface area (Å²) in [6.45, 7) is 5.94. The Balaban J connectivity index is 0.00000200. The lowest BCUT2D eigenvalue weighted by molar-refractivity contribution is 0.0778. The first kappa shape index (κ1) is 18.0. The summed E-state index contributed by atoms with van der Waals surface area (Å²) in [5, 5.41) is 6.82. The van der Waals surface area contributed by atoms with Crippen LogP contribution < -0.4 is 10.6 Å². The highest BCUT2D eigenvalue weighted by Gasteiger charge is 2.36. The monoisotopic (exact) mass is 395 g/mol. The van der Waals surface area contributed by atoms with E-state index in [1.54, 1.807) is 7.11 Å². The summed E-state index contributed by atoms with van der Waals surface area (Å²) >= 11 is 0. The Bertz CT molecular complexity index is 301. The zero-order chi connectivity index (χ0) is 13.6. The van der Waals surface area contributed by atoms with Gasteiger partial charge in [0.15, 0.2) is 5.96 Å². The van der Waals surface area contributed by atoms with Crippen LogP contribution in [-0.2, 0) is 4.74 Å². The molecule has 4 nitrogen and oxygen atoms in total. The number of methoxy groups -OCH3 is 1. The summed E-state index contributed by atoms with van der Waals surface area (Å²) in [6, 6.07) is 0. The molecule has 0 bridgehead atoms. The van der Waals surface area contributed by atoms with Crippen LogP contribution in [0.25, 0.3) is 0 Å². The molecule has 5 heteroatoms. The average Bonchev–Trinajstić information content (AvgIpc) is 3.18. The van der Waals surface area contributed by atoms with Gasteiger partial charge in [-0.15, -0.1) is 24.0 Å². The Kier molecular flexibility index (Phi) is 8.17. The summed E-state index contributed by atoms with van der Waals surface area (Å²) in [6.07, 6.45) is 7.87. The molecule has 2 aliphatic rings. The predicted octanol–water partition coefficient (Wildman–Crippen LogP) is 2.78. The lowest BCUT2D eigenvalue weighted by atomic mass is 9.67. The van der Waals surface area contributed by atoms with Gasteiger partial charge in [-0.25, -0.2) is 0 Å². The van der Waals surface area contributed by atoms with E-state index >= 15 is 0 Å². The van der Waals surface area contributed by atoms with Crippen LogP contribution >= 0.6 is 24.0 Å². The molecule has 118 valence electrons. The molecule has 0 radical (unpaired) electrons. The highest BCUT2D eigenvalue weighted by Crippen LogP contribution is 2.44. The Morgan fingerprint density at radius 1 is 1.30 bits per heavy atom. The minimum atomic E-state index is 0. The van der Waals surface area contributed by atoms with E-state index in [4.69, 9.17) is 9.73 Å². The Hall–Kier alpha value is -0.0400. The number of aliphatic imine (C=N–C) groups is 1. The van der Waals surface area contributed by atoms with Crippen molar-refractivity contribution < 1.29 is 4.74 Å². The van der Waals surface area contributed by atoms with Crippen molar-refractivity contribution in [2.24, 2.45) is 16.3 Å². The summed E-state index contributed by atoms with van der Waals surface area (Å²) in [4.78, 5) is 4.80. The molecule has 0 amide bonds. The molecule has 0 saturated heterocycles. The minimum Gasteiger partial charge on any atom is -0.385 e. The SMILES string of the molecule is CCNC(=NCC1(CCOC)CCC1)NCC1CC1.I. The number of rotatable bonds is 8. The molecule has 0 aromatic heterocycles. The Morgan fingerprint density at radius 3 is 2.55 bits per heavy atom. The molecule has 0 atom stereocenters. The van der Waals surface area contributed by atoms with Gasteiger partial charge in [0.25, 0.3) is 0 Å². The van der Waals surface area contributed by atoms with Crippen LogP contribution in [0.5, 0.6) is 0 Å². The van der Waals surface area contributed by atoms with Gasteiger partial charge in [-0.1, -0.05) is 6.42 Å². The molecule has 0 unspecified atom stereocenters. The number of nitrogens with zero attached hydrogens (tertiary/aromatic N) is 1. The molecule has 2 aliphatic carbocycles. The zero-order valence-electron chi connectivity index (χ0n) is 12.9.